The Hall–Kier alpha value is -2.38. The number of benzene rings is 2. The second-order valence-corrected chi connectivity index (χ2v) is 7.25. The Kier molecular flexibility index (Phi) is 4.29. The van der Waals surface area contributed by atoms with E-state index in [-0.39, 0.29) is 17.5 Å². The molecular formula is C17H17NO5S. The summed E-state index contributed by atoms with van der Waals surface area (Å²) in [6, 6.07) is 10.7. The summed E-state index contributed by atoms with van der Waals surface area (Å²) in [5, 5.41) is 0. The van der Waals surface area contributed by atoms with E-state index < -0.39 is 16.1 Å². The predicted molar refractivity (Wildman–Crippen MR) is 87.7 cm³/mol. The number of ether oxygens (including phenoxy) is 2. The van der Waals surface area contributed by atoms with Crippen LogP contribution in [0.5, 0.6) is 11.5 Å². The monoisotopic (exact) mass is 347 g/mol. The quantitative estimate of drug-likeness (QED) is 0.841. The Balaban J connectivity index is 1.79. The van der Waals surface area contributed by atoms with Gasteiger partial charge in [-0.05, 0) is 43.7 Å². The smallest absolute Gasteiger partial charge is 0.241 e. The first kappa shape index (κ1) is 16.5. The van der Waals surface area contributed by atoms with E-state index in [4.69, 9.17) is 9.47 Å². The highest BCUT2D eigenvalue weighted by molar-refractivity contribution is 7.89. The molecule has 1 heterocycles. The number of fused-ring (bicyclic) bond motifs is 1. The molecule has 0 saturated carbocycles. The van der Waals surface area contributed by atoms with Crippen LogP contribution < -0.4 is 14.2 Å². The van der Waals surface area contributed by atoms with Crippen molar-refractivity contribution in [1.82, 2.24) is 4.72 Å². The summed E-state index contributed by atoms with van der Waals surface area (Å²) in [4.78, 5) is 11.4. The summed E-state index contributed by atoms with van der Waals surface area (Å²) in [6.07, 6.45) is 0. The fraction of sp³-hybridized carbons (Fsp3) is 0.235. The van der Waals surface area contributed by atoms with Crippen molar-refractivity contribution in [3.05, 3.63) is 53.6 Å². The maximum Gasteiger partial charge on any atom is 0.241 e. The van der Waals surface area contributed by atoms with Gasteiger partial charge in [-0.25, -0.2) is 13.1 Å². The van der Waals surface area contributed by atoms with Crippen LogP contribution in [0.25, 0.3) is 0 Å². The standard InChI is InChI=1S/C17H17NO5S/c1-11(14-5-8-16-17(9-14)23-10-22-16)18-24(20,21)15-6-3-13(4-7-15)12(2)19/h3-9,11,18H,10H2,1-2H3/t11-/m1/s1. The fourth-order valence-electron chi connectivity index (χ4n) is 2.42. The molecule has 0 radical (unpaired) electrons. The van der Waals surface area contributed by atoms with Crippen LogP contribution >= 0.6 is 0 Å². The Bertz CT molecular complexity index is 874. The molecule has 0 bridgehead atoms. The number of carbonyl (C=O) groups is 1. The zero-order valence-electron chi connectivity index (χ0n) is 13.3. The lowest BCUT2D eigenvalue weighted by molar-refractivity contribution is 0.101. The number of ketones is 1. The molecule has 0 unspecified atom stereocenters. The number of hydrogen-bond donors (Lipinski definition) is 1. The summed E-state index contributed by atoms with van der Waals surface area (Å²) < 4.78 is 38.1. The Morgan fingerprint density at radius 3 is 2.42 bits per heavy atom. The van der Waals surface area contributed by atoms with Crippen LogP contribution in [0, 0.1) is 0 Å². The maximum atomic E-state index is 12.5. The van der Waals surface area contributed by atoms with E-state index >= 15 is 0 Å². The average Bonchev–Trinajstić information content (AvgIpc) is 3.02. The molecule has 126 valence electrons. The van der Waals surface area contributed by atoms with Gasteiger partial charge in [0.1, 0.15) is 0 Å². The Labute approximate surface area is 140 Å². The molecule has 0 aliphatic carbocycles. The zero-order valence-corrected chi connectivity index (χ0v) is 14.1. The number of nitrogens with one attached hydrogen (secondary N) is 1. The van der Waals surface area contributed by atoms with Gasteiger partial charge >= 0.3 is 0 Å². The predicted octanol–water partition coefficient (Wildman–Crippen LogP) is 2.66. The van der Waals surface area contributed by atoms with E-state index in [0.29, 0.717) is 17.1 Å². The molecule has 0 aromatic heterocycles. The largest absolute Gasteiger partial charge is 0.454 e. The van der Waals surface area contributed by atoms with E-state index in [1.54, 1.807) is 25.1 Å². The van der Waals surface area contributed by atoms with Crippen LogP contribution in [0.15, 0.2) is 47.4 Å². The number of hydrogen-bond acceptors (Lipinski definition) is 5. The van der Waals surface area contributed by atoms with Gasteiger partial charge in [-0.3, -0.25) is 4.79 Å². The first-order chi connectivity index (χ1) is 11.4. The van der Waals surface area contributed by atoms with Crippen LogP contribution in [-0.4, -0.2) is 21.0 Å². The highest BCUT2D eigenvalue weighted by Gasteiger charge is 2.21. The summed E-state index contributed by atoms with van der Waals surface area (Å²) >= 11 is 0. The molecule has 1 atom stereocenters. The first-order valence-electron chi connectivity index (χ1n) is 7.40. The second kappa shape index (κ2) is 6.26. The van der Waals surface area contributed by atoms with Gasteiger partial charge in [0.15, 0.2) is 17.3 Å². The highest BCUT2D eigenvalue weighted by atomic mass is 32.2. The van der Waals surface area contributed by atoms with E-state index in [0.717, 1.165) is 5.56 Å². The van der Waals surface area contributed by atoms with E-state index in [9.17, 15) is 13.2 Å². The van der Waals surface area contributed by atoms with Crippen molar-refractivity contribution in [2.75, 3.05) is 6.79 Å². The molecule has 0 saturated heterocycles. The van der Waals surface area contributed by atoms with Crippen LogP contribution in [0.1, 0.15) is 35.8 Å². The van der Waals surface area contributed by atoms with Crippen molar-refractivity contribution in [2.24, 2.45) is 0 Å². The fourth-order valence-corrected chi connectivity index (χ4v) is 3.65. The zero-order chi connectivity index (χ0) is 17.3. The van der Waals surface area contributed by atoms with E-state index in [1.165, 1.54) is 31.2 Å². The molecule has 1 aliphatic rings. The van der Waals surface area contributed by atoms with Gasteiger partial charge in [-0.2, -0.15) is 0 Å². The minimum absolute atomic E-state index is 0.111. The van der Waals surface area contributed by atoms with E-state index in [2.05, 4.69) is 4.72 Å². The number of sulfonamides is 1. The number of carbonyl (C=O) groups excluding carboxylic acids is 1. The van der Waals surface area contributed by atoms with Crippen molar-refractivity contribution in [2.45, 2.75) is 24.8 Å². The van der Waals surface area contributed by atoms with Gasteiger partial charge in [0.25, 0.3) is 0 Å². The Morgan fingerprint density at radius 2 is 1.75 bits per heavy atom. The van der Waals surface area contributed by atoms with Crippen LogP contribution in [-0.2, 0) is 10.0 Å². The van der Waals surface area contributed by atoms with Gasteiger partial charge in [0.2, 0.25) is 16.8 Å². The molecule has 1 N–H and O–H groups in total. The van der Waals surface area contributed by atoms with Crippen LogP contribution in [0.3, 0.4) is 0 Å². The third-order valence-electron chi connectivity index (χ3n) is 3.80. The lowest BCUT2D eigenvalue weighted by atomic mass is 10.1. The first-order valence-corrected chi connectivity index (χ1v) is 8.88. The van der Waals surface area contributed by atoms with Gasteiger partial charge in [-0.1, -0.05) is 18.2 Å². The summed E-state index contributed by atoms with van der Waals surface area (Å²) in [7, 11) is -3.70. The van der Waals surface area contributed by atoms with Gasteiger partial charge in [0.05, 0.1) is 4.90 Å². The van der Waals surface area contributed by atoms with Crippen LogP contribution in [0.4, 0.5) is 0 Å². The third kappa shape index (κ3) is 3.27. The maximum absolute atomic E-state index is 12.5. The highest BCUT2D eigenvalue weighted by Crippen LogP contribution is 2.34. The second-order valence-electron chi connectivity index (χ2n) is 5.54. The minimum atomic E-state index is -3.70. The molecule has 0 amide bonds. The summed E-state index contributed by atoms with van der Waals surface area (Å²) in [5.74, 6) is 1.14. The summed E-state index contributed by atoms with van der Waals surface area (Å²) in [6.45, 7) is 3.35. The van der Waals surface area contributed by atoms with Crippen molar-refractivity contribution in [1.29, 1.82) is 0 Å². The van der Waals surface area contributed by atoms with Crippen molar-refractivity contribution in [3.8, 4) is 11.5 Å². The van der Waals surface area contributed by atoms with Gasteiger partial charge in [-0.15, -0.1) is 0 Å². The SMILES string of the molecule is CC(=O)c1ccc(S(=O)(=O)N[C@H](C)c2ccc3c(c2)OCO3)cc1. The van der Waals surface area contributed by atoms with Gasteiger partial charge < -0.3 is 9.47 Å². The molecule has 1 aliphatic heterocycles. The minimum Gasteiger partial charge on any atom is -0.454 e. The Morgan fingerprint density at radius 1 is 1.08 bits per heavy atom. The lowest BCUT2D eigenvalue weighted by Gasteiger charge is -2.15. The van der Waals surface area contributed by atoms with Crippen molar-refractivity contribution in [3.63, 3.8) is 0 Å². The van der Waals surface area contributed by atoms with Crippen molar-refractivity contribution < 1.29 is 22.7 Å². The molecule has 0 spiro atoms. The van der Waals surface area contributed by atoms with Gasteiger partial charge in [0, 0.05) is 11.6 Å². The molecular weight excluding hydrogens is 330 g/mol. The number of Topliss-reactive ketones (excluding diaryl/α,β-unsaturated/α-hetero) is 1. The molecule has 2 aromatic carbocycles. The summed E-state index contributed by atoms with van der Waals surface area (Å²) in [5.41, 5.74) is 1.24. The third-order valence-corrected chi connectivity index (χ3v) is 5.36. The van der Waals surface area contributed by atoms with Crippen LogP contribution in [0.2, 0.25) is 0 Å². The molecule has 7 heteroatoms. The normalized spacial score (nSPS) is 14.4. The topological polar surface area (TPSA) is 81.7 Å². The van der Waals surface area contributed by atoms with E-state index in [1.807, 2.05) is 0 Å². The molecule has 24 heavy (non-hydrogen) atoms. The van der Waals surface area contributed by atoms with Crippen molar-refractivity contribution >= 4 is 15.8 Å². The molecule has 0 fully saturated rings. The number of rotatable bonds is 5. The molecule has 3 rings (SSSR count). The molecule has 2 aromatic rings. The lowest BCUT2D eigenvalue weighted by Crippen LogP contribution is -2.26. The average molecular weight is 347 g/mol. The molecule has 6 nitrogen and oxygen atoms in total.